The fourth-order valence-electron chi connectivity index (χ4n) is 1.92. The van der Waals surface area contributed by atoms with Crippen LogP contribution in [0.2, 0.25) is 0 Å². The van der Waals surface area contributed by atoms with Crippen LogP contribution in [-0.2, 0) is 6.54 Å². The lowest BCUT2D eigenvalue weighted by molar-refractivity contribution is 0.315. The predicted octanol–water partition coefficient (Wildman–Crippen LogP) is 2.48. The average molecular weight is 206 g/mol. The molecule has 2 heterocycles. The summed E-state index contributed by atoms with van der Waals surface area (Å²) in [6, 6.07) is 6.01. The van der Waals surface area contributed by atoms with E-state index in [1.165, 1.54) is 0 Å². The Labute approximate surface area is 86.3 Å². The molecule has 1 aliphatic rings. The van der Waals surface area contributed by atoms with Crippen molar-refractivity contribution in [3.8, 4) is 5.75 Å². The molecule has 0 aliphatic carbocycles. The number of para-hydroxylation sites is 1. The number of imidazole rings is 1. The third kappa shape index (κ3) is 1.00. The molecule has 1 aromatic heterocycles. The number of nitrogens with zero attached hydrogens (tertiary/aromatic N) is 1. The summed E-state index contributed by atoms with van der Waals surface area (Å²) >= 11 is 5.26. The zero-order valence-electron chi connectivity index (χ0n) is 7.62. The van der Waals surface area contributed by atoms with Crippen LogP contribution in [0.3, 0.4) is 0 Å². The van der Waals surface area contributed by atoms with Crippen molar-refractivity contribution >= 4 is 23.3 Å². The molecule has 72 valence electrons. The van der Waals surface area contributed by atoms with Gasteiger partial charge in [-0.25, -0.2) is 0 Å². The summed E-state index contributed by atoms with van der Waals surface area (Å²) in [5.41, 5.74) is 2.17. The van der Waals surface area contributed by atoms with Crippen molar-refractivity contribution in [2.45, 2.75) is 13.0 Å². The van der Waals surface area contributed by atoms with Gasteiger partial charge in [0.15, 0.2) is 4.77 Å². The molecule has 1 N–H and O–H groups in total. The summed E-state index contributed by atoms with van der Waals surface area (Å²) < 4.78 is 8.55. The molecule has 14 heavy (non-hydrogen) atoms. The quantitative estimate of drug-likeness (QED) is 0.671. The Morgan fingerprint density at radius 1 is 1.43 bits per heavy atom. The molecule has 1 aliphatic heterocycles. The molecular weight excluding hydrogens is 196 g/mol. The molecule has 0 spiro atoms. The highest BCUT2D eigenvalue weighted by Gasteiger charge is 2.12. The molecule has 0 saturated heterocycles. The zero-order valence-corrected chi connectivity index (χ0v) is 8.43. The molecule has 3 nitrogen and oxygen atoms in total. The number of aromatic nitrogens is 2. The normalized spacial score (nSPS) is 15.1. The molecule has 0 radical (unpaired) electrons. The fraction of sp³-hybridized carbons (Fsp3) is 0.300. The summed E-state index contributed by atoms with van der Waals surface area (Å²) in [6.45, 7) is 1.71. The Bertz CT molecular complexity index is 541. The summed E-state index contributed by atoms with van der Waals surface area (Å²) in [4.78, 5) is 3.18. The Balaban J connectivity index is 2.48. The number of aromatic amines is 1. The molecule has 4 heteroatoms. The van der Waals surface area contributed by atoms with Crippen LogP contribution in [0.25, 0.3) is 11.0 Å². The third-order valence-corrected chi connectivity index (χ3v) is 2.86. The maximum Gasteiger partial charge on any atom is 0.178 e. The number of hydrogen-bond acceptors (Lipinski definition) is 2. The Morgan fingerprint density at radius 3 is 3.29 bits per heavy atom. The highest BCUT2D eigenvalue weighted by molar-refractivity contribution is 7.71. The molecule has 0 atom stereocenters. The molecular formula is C10H10N2OS. The van der Waals surface area contributed by atoms with Crippen molar-refractivity contribution in [2.24, 2.45) is 0 Å². The van der Waals surface area contributed by atoms with Gasteiger partial charge in [-0.1, -0.05) is 6.07 Å². The lowest BCUT2D eigenvalue weighted by atomic mass is 10.3. The number of ether oxygens (including phenoxy) is 1. The van der Waals surface area contributed by atoms with Gasteiger partial charge in [-0.15, -0.1) is 0 Å². The summed E-state index contributed by atoms with van der Waals surface area (Å²) in [7, 11) is 0. The van der Waals surface area contributed by atoms with Crippen molar-refractivity contribution in [1.29, 1.82) is 0 Å². The first-order valence-corrected chi connectivity index (χ1v) is 5.11. The molecule has 1 aromatic carbocycles. The predicted molar refractivity (Wildman–Crippen MR) is 57.2 cm³/mol. The summed E-state index contributed by atoms with van der Waals surface area (Å²) in [6.07, 6.45) is 1.01. The lowest BCUT2D eigenvalue weighted by Gasteiger charge is -2.02. The van der Waals surface area contributed by atoms with Crippen molar-refractivity contribution in [1.82, 2.24) is 9.55 Å². The number of rotatable bonds is 0. The minimum atomic E-state index is 0.773. The van der Waals surface area contributed by atoms with Gasteiger partial charge in [-0.3, -0.25) is 0 Å². The monoisotopic (exact) mass is 206 g/mol. The van der Waals surface area contributed by atoms with E-state index in [0.717, 1.165) is 41.1 Å². The van der Waals surface area contributed by atoms with Gasteiger partial charge in [0.25, 0.3) is 0 Å². The second-order valence-corrected chi connectivity index (χ2v) is 3.82. The van der Waals surface area contributed by atoms with Crippen LogP contribution in [0.15, 0.2) is 18.2 Å². The first kappa shape index (κ1) is 8.05. The van der Waals surface area contributed by atoms with Crippen molar-refractivity contribution in [3.63, 3.8) is 0 Å². The number of nitrogens with one attached hydrogen (secondary N) is 1. The van der Waals surface area contributed by atoms with Gasteiger partial charge in [-0.05, 0) is 30.8 Å². The van der Waals surface area contributed by atoms with Gasteiger partial charge in [0.2, 0.25) is 0 Å². The van der Waals surface area contributed by atoms with Gasteiger partial charge in [0.1, 0.15) is 11.3 Å². The average Bonchev–Trinajstić information content (AvgIpc) is 2.39. The number of H-pyrrole nitrogens is 1. The topological polar surface area (TPSA) is 29.9 Å². The Morgan fingerprint density at radius 2 is 2.36 bits per heavy atom. The standard InChI is InChI=1S/C10H10N2OS/c14-10-11-7-3-1-4-8-9(7)12(10)5-2-6-13-8/h1,3-4H,2,5-6H2,(H,11,14). The van der Waals surface area contributed by atoms with E-state index in [9.17, 15) is 0 Å². The smallest absolute Gasteiger partial charge is 0.178 e. The second-order valence-electron chi connectivity index (χ2n) is 3.44. The first-order valence-electron chi connectivity index (χ1n) is 4.70. The number of benzene rings is 1. The van der Waals surface area contributed by atoms with Gasteiger partial charge in [0.05, 0.1) is 12.1 Å². The van der Waals surface area contributed by atoms with Gasteiger partial charge in [-0.2, -0.15) is 0 Å². The van der Waals surface area contributed by atoms with Crippen LogP contribution in [0.4, 0.5) is 0 Å². The highest BCUT2D eigenvalue weighted by atomic mass is 32.1. The molecule has 0 unspecified atom stereocenters. The van der Waals surface area contributed by atoms with Crippen molar-refractivity contribution < 1.29 is 4.74 Å². The largest absolute Gasteiger partial charge is 0.491 e. The van der Waals surface area contributed by atoms with E-state index in [1.807, 2.05) is 18.2 Å². The van der Waals surface area contributed by atoms with E-state index >= 15 is 0 Å². The van der Waals surface area contributed by atoms with Crippen molar-refractivity contribution in [2.75, 3.05) is 6.61 Å². The first-order chi connectivity index (χ1) is 6.86. The van der Waals surface area contributed by atoms with Crippen LogP contribution < -0.4 is 4.74 Å². The van der Waals surface area contributed by atoms with E-state index in [1.54, 1.807) is 0 Å². The van der Waals surface area contributed by atoms with E-state index in [0.29, 0.717) is 0 Å². The zero-order chi connectivity index (χ0) is 9.54. The molecule has 0 fully saturated rings. The highest BCUT2D eigenvalue weighted by Crippen LogP contribution is 2.27. The van der Waals surface area contributed by atoms with Crippen LogP contribution >= 0.6 is 12.2 Å². The summed E-state index contributed by atoms with van der Waals surface area (Å²) in [5.74, 6) is 0.937. The molecule has 0 saturated carbocycles. The maximum absolute atomic E-state index is 5.65. The molecule has 0 bridgehead atoms. The second kappa shape index (κ2) is 2.85. The van der Waals surface area contributed by atoms with Crippen molar-refractivity contribution in [3.05, 3.63) is 23.0 Å². The van der Waals surface area contributed by atoms with Crippen LogP contribution in [0, 0.1) is 4.77 Å². The van der Waals surface area contributed by atoms with Gasteiger partial charge < -0.3 is 14.3 Å². The summed E-state index contributed by atoms with van der Waals surface area (Å²) in [5, 5.41) is 0. The van der Waals surface area contributed by atoms with E-state index in [2.05, 4.69) is 9.55 Å². The third-order valence-electron chi connectivity index (χ3n) is 2.54. The molecule has 3 rings (SSSR count). The number of hydrogen-bond donors (Lipinski definition) is 1. The Kier molecular flexibility index (Phi) is 1.64. The van der Waals surface area contributed by atoms with Gasteiger partial charge >= 0.3 is 0 Å². The van der Waals surface area contributed by atoms with E-state index < -0.39 is 0 Å². The van der Waals surface area contributed by atoms with Crippen LogP contribution in [0.5, 0.6) is 5.75 Å². The minimum absolute atomic E-state index is 0.773. The fourth-order valence-corrected chi connectivity index (χ4v) is 2.21. The van der Waals surface area contributed by atoms with Gasteiger partial charge in [0, 0.05) is 6.54 Å². The SMILES string of the molecule is S=c1[nH]c2cccc3c2n1CCCO3. The Hall–Kier alpha value is -1.29. The van der Waals surface area contributed by atoms with E-state index in [-0.39, 0.29) is 0 Å². The van der Waals surface area contributed by atoms with E-state index in [4.69, 9.17) is 17.0 Å². The van der Waals surface area contributed by atoms with Crippen LogP contribution in [0.1, 0.15) is 6.42 Å². The molecule has 2 aromatic rings. The van der Waals surface area contributed by atoms with Crippen LogP contribution in [-0.4, -0.2) is 16.2 Å². The minimum Gasteiger partial charge on any atom is -0.491 e. The lowest BCUT2D eigenvalue weighted by Crippen LogP contribution is -1.98. The number of aryl methyl sites for hydroxylation is 1. The maximum atomic E-state index is 5.65. The molecule has 0 amide bonds.